The summed E-state index contributed by atoms with van der Waals surface area (Å²) in [6.45, 7) is 7.21. The number of nitrogens with zero attached hydrogens (tertiary/aromatic N) is 3. The van der Waals surface area contributed by atoms with E-state index in [0.717, 1.165) is 42.4 Å². The highest BCUT2D eigenvalue weighted by Crippen LogP contribution is 2.19. The molecule has 2 aromatic carbocycles. The second kappa shape index (κ2) is 7.98. The van der Waals surface area contributed by atoms with Gasteiger partial charge in [0.05, 0.1) is 11.4 Å². The van der Waals surface area contributed by atoms with Gasteiger partial charge in [-0.1, -0.05) is 18.2 Å². The van der Waals surface area contributed by atoms with Crippen molar-refractivity contribution in [3.05, 3.63) is 77.1 Å². The maximum Gasteiger partial charge on any atom is 0.255 e. The van der Waals surface area contributed by atoms with Gasteiger partial charge in [-0.2, -0.15) is 5.10 Å². The quantitative estimate of drug-likeness (QED) is 0.723. The normalized spacial score (nSPS) is 14.4. The molecule has 1 fully saturated rings. The van der Waals surface area contributed by atoms with Crippen molar-refractivity contribution in [1.82, 2.24) is 14.7 Å². The highest BCUT2D eigenvalue weighted by Gasteiger charge is 2.13. The summed E-state index contributed by atoms with van der Waals surface area (Å²) in [7, 11) is 0. The van der Waals surface area contributed by atoms with Crippen LogP contribution in [0, 0.1) is 13.8 Å². The molecule has 0 bridgehead atoms. The highest BCUT2D eigenvalue weighted by molar-refractivity contribution is 6.04. The number of carbonyl (C=O) groups excluding carboxylic acids is 1. The summed E-state index contributed by atoms with van der Waals surface area (Å²) < 4.78 is 1.89. The van der Waals surface area contributed by atoms with Crippen LogP contribution in [0.4, 0.5) is 5.69 Å². The Hall–Kier alpha value is -2.92. The lowest BCUT2D eigenvalue weighted by molar-refractivity contribution is 0.102. The third-order valence-corrected chi connectivity index (χ3v) is 5.15. The minimum absolute atomic E-state index is 0.0891. The van der Waals surface area contributed by atoms with Gasteiger partial charge < -0.3 is 5.32 Å². The second-order valence-electron chi connectivity index (χ2n) is 7.53. The number of hydrogen-bond donors (Lipinski definition) is 1. The first kappa shape index (κ1) is 18.4. The van der Waals surface area contributed by atoms with Gasteiger partial charge in [-0.25, -0.2) is 4.68 Å². The lowest BCUT2D eigenvalue weighted by atomic mass is 10.1. The van der Waals surface area contributed by atoms with Gasteiger partial charge in [0.25, 0.3) is 5.91 Å². The number of hydrogen-bond acceptors (Lipinski definition) is 3. The molecule has 0 aliphatic carbocycles. The smallest absolute Gasteiger partial charge is 0.255 e. The summed E-state index contributed by atoms with van der Waals surface area (Å²) in [5, 5.41) is 7.54. The maximum absolute atomic E-state index is 12.8. The van der Waals surface area contributed by atoms with Crippen LogP contribution in [0.3, 0.4) is 0 Å². The Morgan fingerprint density at radius 1 is 1.04 bits per heavy atom. The first-order valence-corrected chi connectivity index (χ1v) is 9.85. The van der Waals surface area contributed by atoms with Crippen molar-refractivity contribution < 1.29 is 4.79 Å². The van der Waals surface area contributed by atoms with Gasteiger partial charge in [0.15, 0.2) is 0 Å². The minimum Gasteiger partial charge on any atom is -0.322 e. The number of aryl methyl sites for hydroxylation is 2. The summed E-state index contributed by atoms with van der Waals surface area (Å²) in [5.41, 5.74) is 5.61. The van der Waals surface area contributed by atoms with Gasteiger partial charge in [-0.05, 0) is 81.7 Å². The van der Waals surface area contributed by atoms with E-state index < -0.39 is 0 Å². The van der Waals surface area contributed by atoms with Crippen LogP contribution < -0.4 is 5.32 Å². The number of amides is 1. The SMILES string of the molecule is Cc1cc(C)n(-c2cccc(NC(=O)c3cccc(CN4CCCC4)c3)c2)n1. The van der Waals surface area contributed by atoms with Gasteiger partial charge >= 0.3 is 0 Å². The zero-order chi connectivity index (χ0) is 19.5. The van der Waals surface area contributed by atoms with E-state index in [9.17, 15) is 4.79 Å². The summed E-state index contributed by atoms with van der Waals surface area (Å²) in [6.07, 6.45) is 2.54. The topological polar surface area (TPSA) is 50.2 Å². The molecule has 1 amide bonds. The van der Waals surface area contributed by atoms with Crippen molar-refractivity contribution in [2.75, 3.05) is 18.4 Å². The van der Waals surface area contributed by atoms with Crippen LogP contribution in [-0.4, -0.2) is 33.7 Å². The Kier molecular flexibility index (Phi) is 5.26. The van der Waals surface area contributed by atoms with Crippen LogP contribution in [0.2, 0.25) is 0 Å². The Morgan fingerprint density at radius 3 is 2.57 bits per heavy atom. The van der Waals surface area contributed by atoms with Gasteiger partial charge in [-0.3, -0.25) is 9.69 Å². The number of aromatic nitrogens is 2. The van der Waals surface area contributed by atoms with E-state index in [4.69, 9.17) is 0 Å². The molecule has 28 heavy (non-hydrogen) atoms. The monoisotopic (exact) mass is 374 g/mol. The molecule has 1 saturated heterocycles. The van der Waals surface area contributed by atoms with Crippen LogP contribution >= 0.6 is 0 Å². The number of rotatable bonds is 5. The fraction of sp³-hybridized carbons (Fsp3) is 0.304. The Labute approximate surface area is 166 Å². The molecule has 0 atom stereocenters. The van der Waals surface area contributed by atoms with Crippen LogP contribution in [0.15, 0.2) is 54.6 Å². The summed E-state index contributed by atoms with van der Waals surface area (Å²) in [4.78, 5) is 15.2. The number of nitrogens with one attached hydrogen (secondary N) is 1. The molecule has 2 heterocycles. The average Bonchev–Trinajstić information content (AvgIpc) is 3.31. The fourth-order valence-corrected chi connectivity index (χ4v) is 3.82. The van der Waals surface area contributed by atoms with E-state index in [0.29, 0.717) is 5.56 Å². The molecule has 0 radical (unpaired) electrons. The lowest BCUT2D eigenvalue weighted by Crippen LogP contribution is -2.19. The van der Waals surface area contributed by atoms with Crippen LogP contribution in [0.5, 0.6) is 0 Å². The average molecular weight is 374 g/mol. The van der Waals surface area contributed by atoms with E-state index in [-0.39, 0.29) is 5.91 Å². The van der Waals surface area contributed by atoms with Crippen LogP contribution in [0.1, 0.15) is 40.2 Å². The number of carbonyl (C=O) groups is 1. The van der Waals surface area contributed by atoms with Gasteiger partial charge in [-0.15, -0.1) is 0 Å². The second-order valence-corrected chi connectivity index (χ2v) is 7.53. The van der Waals surface area contributed by atoms with Crippen molar-refractivity contribution in [3.63, 3.8) is 0 Å². The van der Waals surface area contributed by atoms with Gasteiger partial charge in [0.1, 0.15) is 0 Å². The van der Waals surface area contributed by atoms with Crippen molar-refractivity contribution in [2.24, 2.45) is 0 Å². The molecular formula is C23H26N4O. The lowest BCUT2D eigenvalue weighted by Gasteiger charge is -2.15. The molecule has 144 valence electrons. The Morgan fingerprint density at radius 2 is 1.82 bits per heavy atom. The zero-order valence-electron chi connectivity index (χ0n) is 16.5. The summed E-state index contributed by atoms with van der Waals surface area (Å²) in [6, 6.07) is 17.7. The molecule has 0 saturated carbocycles. The first-order chi connectivity index (χ1) is 13.6. The molecular weight excluding hydrogens is 348 g/mol. The fourth-order valence-electron chi connectivity index (χ4n) is 3.82. The maximum atomic E-state index is 12.8. The van der Waals surface area contributed by atoms with Gasteiger partial charge in [0.2, 0.25) is 0 Å². The van der Waals surface area contributed by atoms with Crippen molar-refractivity contribution in [1.29, 1.82) is 0 Å². The van der Waals surface area contributed by atoms with E-state index in [1.807, 2.05) is 67.1 Å². The standard InChI is InChI=1S/C23H26N4O/c1-17-13-18(2)27(25-17)22-10-6-9-21(15-22)24-23(28)20-8-5-7-19(14-20)16-26-11-3-4-12-26/h5-10,13-15H,3-4,11-12,16H2,1-2H3,(H,24,28). The van der Waals surface area contributed by atoms with E-state index in [1.165, 1.54) is 18.4 Å². The number of anilines is 1. The first-order valence-electron chi connectivity index (χ1n) is 9.85. The minimum atomic E-state index is -0.0891. The highest BCUT2D eigenvalue weighted by atomic mass is 16.1. The summed E-state index contributed by atoms with van der Waals surface area (Å²) in [5.74, 6) is -0.0891. The predicted molar refractivity (Wildman–Crippen MR) is 112 cm³/mol. The number of likely N-dealkylation sites (tertiary alicyclic amines) is 1. The molecule has 0 unspecified atom stereocenters. The zero-order valence-corrected chi connectivity index (χ0v) is 16.5. The molecule has 1 aromatic heterocycles. The van der Waals surface area contributed by atoms with E-state index in [2.05, 4.69) is 21.4 Å². The van der Waals surface area contributed by atoms with Gasteiger partial charge in [0, 0.05) is 23.5 Å². The number of benzene rings is 2. The van der Waals surface area contributed by atoms with E-state index >= 15 is 0 Å². The Bertz CT molecular complexity index is 986. The molecule has 4 rings (SSSR count). The third-order valence-electron chi connectivity index (χ3n) is 5.15. The third kappa shape index (κ3) is 4.15. The molecule has 5 heteroatoms. The van der Waals surface area contributed by atoms with Crippen LogP contribution in [-0.2, 0) is 6.54 Å². The molecule has 3 aromatic rings. The summed E-state index contributed by atoms with van der Waals surface area (Å²) >= 11 is 0. The van der Waals surface area contributed by atoms with Crippen molar-refractivity contribution in [3.8, 4) is 5.69 Å². The largest absolute Gasteiger partial charge is 0.322 e. The van der Waals surface area contributed by atoms with Crippen LogP contribution in [0.25, 0.3) is 5.69 Å². The predicted octanol–water partition coefficient (Wildman–Crippen LogP) is 4.34. The molecule has 1 N–H and O–H groups in total. The van der Waals surface area contributed by atoms with Crippen molar-refractivity contribution >= 4 is 11.6 Å². The molecule has 1 aliphatic rings. The van der Waals surface area contributed by atoms with Crippen molar-refractivity contribution in [2.45, 2.75) is 33.2 Å². The Balaban J connectivity index is 1.49. The molecule has 1 aliphatic heterocycles. The van der Waals surface area contributed by atoms with E-state index in [1.54, 1.807) is 0 Å². The molecule has 0 spiro atoms. The molecule has 5 nitrogen and oxygen atoms in total.